The molecule has 15 aromatic rings. The molecule has 0 bridgehead atoms. The van der Waals surface area contributed by atoms with Gasteiger partial charge in [0.05, 0.1) is 22.6 Å². The zero-order chi connectivity index (χ0) is 79.4. The van der Waals surface area contributed by atoms with Crippen LogP contribution in [0.3, 0.4) is 0 Å². The molecule has 2 amide bonds. The number of carbonyl (C=O) groups excluding carboxylic acids is 2. The fourth-order valence-corrected chi connectivity index (χ4v) is 16.8. The maximum absolute atomic E-state index is 13.1. The van der Waals surface area contributed by atoms with Crippen molar-refractivity contribution in [2.75, 3.05) is 20.3 Å². The van der Waals surface area contributed by atoms with E-state index < -0.39 is 12.3 Å². The first-order valence-electron chi connectivity index (χ1n) is 38.7. The van der Waals surface area contributed by atoms with Crippen molar-refractivity contribution >= 4 is 84.5 Å². The van der Waals surface area contributed by atoms with E-state index in [1.165, 1.54) is 67.7 Å². The van der Waals surface area contributed by atoms with Crippen molar-refractivity contribution in [2.24, 2.45) is 5.90 Å². The number of benzene rings is 6. The molecular weight excluding hydrogens is 1510 g/mol. The van der Waals surface area contributed by atoms with Crippen LogP contribution in [0, 0.1) is 20.8 Å². The summed E-state index contributed by atoms with van der Waals surface area (Å²) in [5.74, 6) is 5.59. The maximum atomic E-state index is 13.1. The minimum absolute atomic E-state index is 0.0805. The van der Waals surface area contributed by atoms with Gasteiger partial charge in [0.25, 0.3) is 11.8 Å². The number of carbonyl (C=O) groups is 3. The third-order valence-electron chi connectivity index (χ3n) is 20.8. The fourth-order valence-electron chi connectivity index (χ4n) is 14.8. The molecule has 115 heavy (non-hydrogen) atoms. The number of tetrazole rings is 3. The molecule has 2 fully saturated rings. The summed E-state index contributed by atoms with van der Waals surface area (Å²) in [7, 11) is 1.66. The van der Waals surface area contributed by atoms with Gasteiger partial charge in [0.2, 0.25) is 0 Å². The Morgan fingerprint density at radius 2 is 0.835 bits per heavy atom. The Balaban J connectivity index is 0.000000136. The van der Waals surface area contributed by atoms with Crippen LogP contribution in [-0.4, -0.2) is 131 Å². The molecular formula is C86H92N18O8S3. The number of aromatic nitrogens is 15. The molecule has 0 radical (unpaired) electrons. The Bertz CT molecular complexity index is 5600. The van der Waals surface area contributed by atoms with Gasteiger partial charge >= 0.3 is 5.97 Å². The van der Waals surface area contributed by atoms with E-state index in [-0.39, 0.29) is 18.1 Å². The normalized spacial score (nSPS) is 14.1. The molecule has 11 heterocycles. The van der Waals surface area contributed by atoms with Gasteiger partial charge in [-0.25, -0.2) is 21.0 Å². The van der Waals surface area contributed by atoms with Crippen molar-refractivity contribution in [2.45, 2.75) is 149 Å². The number of amides is 2. The number of nitrogens with two attached hydrogens (primary N) is 1. The highest BCUT2D eigenvalue weighted by Gasteiger charge is 2.26. The number of H-pyrrole nitrogens is 3. The molecule has 8 N–H and O–H groups in total. The summed E-state index contributed by atoms with van der Waals surface area (Å²) in [5.41, 5.74) is 25.5. The molecule has 2 atom stereocenters. The van der Waals surface area contributed by atoms with E-state index in [0.29, 0.717) is 79.7 Å². The van der Waals surface area contributed by atoms with Crippen LogP contribution in [-0.2, 0) is 96.6 Å². The molecule has 29 heteroatoms. The smallest absolute Gasteiger partial charge is 0.335 e. The number of fused-ring (bicyclic) bond motifs is 3. The summed E-state index contributed by atoms with van der Waals surface area (Å²) < 4.78 is 17.6. The number of aryl methyl sites for hydroxylation is 15. The average molecular weight is 1600 g/mol. The number of ether oxygens (including phenoxy) is 2. The summed E-state index contributed by atoms with van der Waals surface area (Å²) in [4.78, 5) is 47.4. The van der Waals surface area contributed by atoms with Crippen LogP contribution in [0.4, 0.5) is 0 Å². The van der Waals surface area contributed by atoms with Crippen LogP contribution in [0.15, 0.2) is 178 Å². The second-order valence-electron chi connectivity index (χ2n) is 28.5. The van der Waals surface area contributed by atoms with Crippen molar-refractivity contribution in [1.82, 2.24) is 86.4 Å². The lowest BCUT2D eigenvalue weighted by Gasteiger charge is -2.22. The van der Waals surface area contributed by atoms with Crippen molar-refractivity contribution in [3.05, 3.63) is 262 Å². The lowest BCUT2D eigenvalue weighted by atomic mass is 9.98. The molecule has 0 saturated carbocycles. The van der Waals surface area contributed by atoms with Crippen LogP contribution < -0.4 is 16.7 Å². The first-order chi connectivity index (χ1) is 56.3. The minimum atomic E-state index is -0.919. The largest absolute Gasteiger partial charge is 0.478 e. The number of rotatable bonds is 27. The molecule has 2 unspecified atom stereocenters. The van der Waals surface area contributed by atoms with E-state index in [4.69, 9.17) is 20.2 Å². The number of hydrogen-bond acceptors (Lipinski definition) is 20. The van der Waals surface area contributed by atoms with Crippen LogP contribution >= 0.6 is 34.0 Å². The quantitative estimate of drug-likeness (QED) is 0.0235. The predicted octanol–water partition coefficient (Wildman–Crippen LogP) is 15.3. The first-order valence-corrected chi connectivity index (χ1v) is 41.5. The van der Waals surface area contributed by atoms with E-state index >= 15 is 0 Å². The van der Waals surface area contributed by atoms with Gasteiger partial charge in [0, 0.05) is 149 Å². The Kier molecular flexibility index (Phi) is 27.2. The summed E-state index contributed by atoms with van der Waals surface area (Å²) in [5, 5.41) is 71.8. The molecule has 6 aromatic carbocycles. The Hall–Kier alpha value is -11.5. The van der Waals surface area contributed by atoms with Crippen molar-refractivity contribution < 1.29 is 38.6 Å². The highest BCUT2D eigenvalue weighted by Crippen LogP contribution is 2.41. The highest BCUT2D eigenvalue weighted by molar-refractivity contribution is 7.08. The number of thiophene rings is 3. The van der Waals surface area contributed by atoms with Crippen molar-refractivity contribution in [3.63, 3.8) is 0 Å². The van der Waals surface area contributed by atoms with Gasteiger partial charge in [-0.15, -0.1) is 30.6 Å². The Morgan fingerprint density at radius 1 is 0.470 bits per heavy atom. The average Bonchev–Trinajstić information content (AvgIpc) is 1.61. The molecule has 0 spiro atoms. The molecule has 592 valence electrons. The van der Waals surface area contributed by atoms with E-state index in [9.17, 15) is 19.5 Å². The summed E-state index contributed by atoms with van der Waals surface area (Å²) in [6.45, 7) is 9.80. The molecule has 2 saturated heterocycles. The van der Waals surface area contributed by atoms with E-state index in [0.717, 1.165) is 132 Å². The second kappa shape index (κ2) is 39.0. The molecule has 0 aliphatic carbocycles. The van der Waals surface area contributed by atoms with Crippen LogP contribution in [0.2, 0.25) is 0 Å². The molecule has 26 nitrogen and oxygen atoms in total. The monoisotopic (exact) mass is 1600 g/mol. The molecule has 9 aromatic heterocycles. The van der Waals surface area contributed by atoms with Crippen molar-refractivity contribution in [1.29, 1.82) is 0 Å². The molecule has 17 rings (SSSR count). The SMILES string of the molecule is CNC(=O)c1ccc2c(c1)c(CCc1ccc(C)cc1)c(-c1ccsc1)n2CCc1nn[nH]n1.Cc1ccc(CCc2c(-c3ccsc3)n(CCc3nn[nH]n3)c3ccc(C(=O)NOC4CCCCO4)cc23)cc1.Cc1ccc(CCc2c(-c3ccsc3)n(CCc3nn[nH]n3)c3ccc(C(=O)O)cc23)cc1.NOC1CCCCO1. The zero-order valence-electron chi connectivity index (χ0n) is 64.6. The van der Waals surface area contributed by atoms with E-state index in [1.807, 2.05) is 42.5 Å². The van der Waals surface area contributed by atoms with Crippen molar-refractivity contribution in [3.8, 4) is 33.8 Å². The van der Waals surface area contributed by atoms with Gasteiger partial charge in [-0.2, -0.15) is 49.7 Å². The number of aromatic carboxylic acids is 1. The van der Waals surface area contributed by atoms with Gasteiger partial charge < -0.3 is 33.6 Å². The van der Waals surface area contributed by atoms with E-state index in [1.54, 1.807) is 47.1 Å². The lowest BCUT2D eigenvalue weighted by molar-refractivity contribution is -0.186. The number of hydrogen-bond donors (Lipinski definition) is 7. The van der Waals surface area contributed by atoms with Crippen LogP contribution in [0.5, 0.6) is 0 Å². The predicted molar refractivity (Wildman–Crippen MR) is 447 cm³/mol. The number of nitrogens with zero attached hydrogens (tertiary/aromatic N) is 12. The Labute approximate surface area is 676 Å². The lowest BCUT2D eigenvalue weighted by Crippen LogP contribution is -2.33. The summed E-state index contributed by atoms with van der Waals surface area (Å²) in [6, 6.07) is 49.7. The number of carboxylic acids is 1. The molecule has 2 aliphatic heterocycles. The third kappa shape index (κ3) is 20.2. The second-order valence-corrected chi connectivity index (χ2v) is 30.9. The van der Waals surface area contributed by atoms with Gasteiger partial charge in [-0.05, 0) is 207 Å². The first kappa shape index (κ1) is 80.1. The van der Waals surface area contributed by atoms with Gasteiger partial charge in [0.1, 0.15) is 0 Å². The maximum Gasteiger partial charge on any atom is 0.335 e. The summed E-state index contributed by atoms with van der Waals surface area (Å²) >= 11 is 5.02. The third-order valence-corrected chi connectivity index (χ3v) is 22.8. The zero-order valence-corrected chi connectivity index (χ0v) is 67.0. The van der Waals surface area contributed by atoms with Crippen LogP contribution in [0.1, 0.15) is 137 Å². The number of hydroxylamine groups is 1. The van der Waals surface area contributed by atoms with Gasteiger partial charge in [-0.3, -0.25) is 14.4 Å². The topological polar surface area (TPSA) is 337 Å². The van der Waals surface area contributed by atoms with Gasteiger partial charge in [0.15, 0.2) is 30.1 Å². The molecule has 2 aliphatic rings. The summed E-state index contributed by atoms with van der Waals surface area (Å²) in [6.07, 6.45) is 12.6. The van der Waals surface area contributed by atoms with E-state index in [2.05, 4.69) is 241 Å². The minimum Gasteiger partial charge on any atom is -0.478 e. The van der Waals surface area contributed by atoms with Crippen LogP contribution in [0.25, 0.3) is 66.5 Å². The number of nitrogens with one attached hydrogen (secondary N) is 5. The highest BCUT2D eigenvalue weighted by atomic mass is 32.1. The van der Waals surface area contributed by atoms with Gasteiger partial charge in [-0.1, -0.05) is 105 Å². The number of carboxylic acid groups (broad SMARTS) is 1. The fraction of sp³-hybridized carbons (Fsp3) is 0.302. The standard InChI is InChI=1S/C30H32N6O3S.C26H26N6OS.C25H23N5O2S.C5H11NO2/c1-20-5-7-21(8-6-20)9-11-24-25-18-22(30(37)33-39-28-4-2-3-16-38-28)10-12-26(25)36(15-13-27-31-34-35-32-27)29(24)23-14-17-40-19-23;1-17-3-5-18(6-4-17)7-9-21-22-15-19(26(33)27-2)8-10-23(22)32(13-11-24-28-30-31-29-24)25(21)20-12-14-34-16-20;1-16-2-4-17(5-3-16)6-8-20-21-14-18(25(31)32)7-9-22(21)30(12-10-23-26-28-29-27-23)24(20)19-11-13-33-15-19;6-8-5-3-1-2-4-7-5/h5-8,10,12,14,17-19,28H,2-4,9,11,13,15-16H2,1H3,(H,33,37)(H,31,32,34,35);3-6,8,10,12,14-16H,7,9,11,13H2,1-2H3,(H,27,33)(H,28,29,30,31);2-5,7,9,11,13-15H,6,8,10,12H2,1H3,(H,31,32)(H,26,27,28,29);5H,1-4,6H2. The number of aromatic amines is 3. The Morgan fingerprint density at radius 3 is 1.15 bits per heavy atom.